The molecule has 146 valence electrons. The van der Waals surface area contributed by atoms with Crippen molar-refractivity contribution >= 4 is 22.7 Å². The molecule has 0 saturated carbocycles. The molecule has 29 heavy (non-hydrogen) atoms. The fraction of sp³-hybridized carbons (Fsp3) is 0.167. The third-order valence-corrected chi connectivity index (χ3v) is 5.24. The van der Waals surface area contributed by atoms with Crippen LogP contribution in [-0.2, 0) is 6.54 Å². The minimum Gasteiger partial charge on any atom is -0.450 e. The number of pyridine rings is 1. The summed E-state index contributed by atoms with van der Waals surface area (Å²) in [6, 6.07) is 15.5. The summed E-state index contributed by atoms with van der Waals surface area (Å²) in [5, 5.41) is 0.930. The molecule has 4 aromatic rings. The van der Waals surface area contributed by atoms with E-state index in [4.69, 9.17) is 4.42 Å². The maximum Gasteiger partial charge on any atom is 0.295 e. The molecule has 4 nitrogen and oxygen atoms in total. The molecule has 0 N–H and O–H groups in total. The van der Waals surface area contributed by atoms with Crippen LogP contribution in [0.2, 0.25) is 0 Å². The van der Waals surface area contributed by atoms with Crippen LogP contribution in [0.15, 0.2) is 65.2 Å². The lowest BCUT2D eigenvalue weighted by Crippen LogP contribution is -2.31. The van der Waals surface area contributed by atoms with Gasteiger partial charge >= 0.3 is 0 Å². The Morgan fingerprint density at radius 2 is 1.76 bits per heavy atom. The molecular formula is C24H21FN2O2. The lowest BCUT2D eigenvalue weighted by Gasteiger charge is -2.21. The first-order valence-corrected chi connectivity index (χ1v) is 9.42. The highest BCUT2D eigenvalue weighted by atomic mass is 19.1. The average Bonchev–Trinajstić information content (AvgIpc) is 3.07. The van der Waals surface area contributed by atoms with Crippen LogP contribution in [-0.4, -0.2) is 10.9 Å². The van der Waals surface area contributed by atoms with E-state index in [9.17, 15) is 9.18 Å². The summed E-state index contributed by atoms with van der Waals surface area (Å²) in [5.41, 5.74) is 4.46. The largest absolute Gasteiger partial charge is 0.450 e. The number of nitrogens with zero attached hydrogens (tertiary/aromatic N) is 2. The van der Waals surface area contributed by atoms with Crippen molar-refractivity contribution < 1.29 is 13.6 Å². The van der Waals surface area contributed by atoms with Crippen molar-refractivity contribution in [3.05, 3.63) is 94.6 Å². The first kappa shape index (κ1) is 18.9. The van der Waals surface area contributed by atoms with Crippen molar-refractivity contribution in [3.8, 4) is 0 Å². The summed E-state index contributed by atoms with van der Waals surface area (Å²) in [7, 11) is 0. The Bertz CT molecular complexity index is 1180. The van der Waals surface area contributed by atoms with E-state index in [1.807, 2.05) is 39.0 Å². The molecule has 0 unspecified atom stereocenters. The normalized spacial score (nSPS) is 11.0. The van der Waals surface area contributed by atoms with Crippen molar-refractivity contribution in [2.24, 2.45) is 0 Å². The summed E-state index contributed by atoms with van der Waals surface area (Å²) in [6.45, 7) is 6.15. The molecular weight excluding hydrogens is 367 g/mol. The lowest BCUT2D eigenvalue weighted by molar-refractivity contribution is 0.0959. The quantitative estimate of drug-likeness (QED) is 0.448. The van der Waals surface area contributed by atoms with Crippen molar-refractivity contribution in [2.75, 3.05) is 4.90 Å². The molecule has 0 aliphatic carbocycles. The second kappa shape index (κ2) is 7.51. The van der Waals surface area contributed by atoms with E-state index in [0.717, 1.165) is 33.2 Å². The number of carbonyl (C=O) groups excluding carboxylic acids is 1. The molecule has 0 fully saturated rings. The number of anilines is 1. The number of halogens is 1. The van der Waals surface area contributed by atoms with Gasteiger partial charge in [0, 0.05) is 17.1 Å². The highest BCUT2D eigenvalue weighted by Gasteiger charge is 2.26. The Labute approximate surface area is 168 Å². The van der Waals surface area contributed by atoms with Gasteiger partial charge in [0.05, 0.1) is 6.54 Å². The Morgan fingerprint density at radius 1 is 1.00 bits per heavy atom. The van der Waals surface area contributed by atoms with Gasteiger partial charge in [-0.15, -0.1) is 0 Å². The highest BCUT2D eigenvalue weighted by molar-refractivity contribution is 6.07. The number of fused-ring (bicyclic) bond motifs is 1. The third-order valence-electron chi connectivity index (χ3n) is 5.24. The van der Waals surface area contributed by atoms with Gasteiger partial charge in [0.25, 0.3) is 5.91 Å². The summed E-state index contributed by atoms with van der Waals surface area (Å²) in [4.78, 5) is 19.4. The SMILES string of the molecule is Cc1ccc2c(C)c(C(=O)N(Cc3ccc(F)cc3)c3ccccn3)oc2c1C. The van der Waals surface area contributed by atoms with Crippen LogP contribution in [0, 0.1) is 26.6 Å². The smallest absolute Gasteiger partial charge is 0.295 e. The molecule has 0 atom stereocenters. The van der Waals surface area contributed by atoms with E-state index in [-0.39, 0.29) is 18.3 Å². The Balaban J connectivity index is 1.79. The van der Waals surface area contributed by atoms with Crippen LogP contribution < -0.4 is 4.90 Å². The summed E-state index contributed by atoms with van der Waals surface area (Å²) in [5.74, 6) is 0.207. The highest BCUT2D eigenvalue weighted by Crippen LogP contribution is 2.31. The summed E-state index contributed by atoms with van der Waals surface area (Å²) in [6.07, 6.45) is 1.64. The van der Waals surface area contributed by atoms with Crippen molar-refractivity contribution in [1.82, 2.24) is 4.98 Å². The predicted octanol–water partition coefficient (Wildman–Crippen LogP) is 5.74. The van der Waals surface area contributed by atoms with Crippen molar-refractivity contribution in [2.45, 2.75) is 27.3 Å². The molecule has 2 aromatic heterocycles. The average molecular weight is 388 g/mol. The van der Waals surface area contributed by atoms with Crippen molar-refractivity contribution in [3.63, 3.8) is 0 Å². The van der Waals surface area contributed by atoms with Crippen LogP contribution in [0.1, 0.15) is 32.8 Å². The molecule has 0 aliphatic heterocycles. The van der Waals surface area contributed by atoms with Gasteiger partial charge in [-0.3, -0.25) is 9.69 Å². The number of furan rings is 1. The third kappa shape index (κ3) is 3.51. The molecule has 5 heteroatoms. The number of aromatic nitrogens is 1. The second-order valence-electron chi connectivity index (χ2n) is 7.15. The Morgan fingerprint density at radius 3 is 2.45 bits per heavy atom. The van der Waals surface area contributed by atoms with Gasteiger partial charge in [-0.05, 0) is 61.7 Å². The number of benzene rings is 2. The van der Waals surface area contributed by atoms with Crippen LogP contribution in [0.5, 0.6) is 0 Å². The first-order chi connectivity index (χ1) is 14.0. The fourth-order valence-electron chi connectivity index (χ4n) is 3.39. The van der Waals surface area contributed by atoms with Gasteiger partial charge in [0.2, 0.25) is 0 Å². The number of aryl methyl sites for hydroxylation is 3. The molecule has 0 spiro atoms. The maximum atomic E-state index is 13.5. The van der Waals surface area contributed by atoms with E-state index in [1.165, 1.54) is 12.1 Å². The second-order valence-corrected chi connectivity index (χ2v) is 7.15. The zero-order valence-corrected chi connectivity index (χ0v) is 16.6. The Kier molecular flexibility index (Phi) is 4.89. The standard InChI is InChI=1S/C24H21FN2O2/c1-15-7-12-20-17(3)23(29-22(20)16(15)2)24(28)27(21-6-4-5-13-26-21)14-18-8-10-19(25)11-9-18/h4-13H,14H2,1-3H3. The summed E-state index contributed by atoms with van der Waals surface area (Å²) < 4.78 is 19.4. The van der Waals surface area contributed by atoms with Crippen LogP contribution >= 0.6 is 0 Å². The van der Waals surface area contributed by atoms with E-state index >= 15 is 0 Å². The number of carbonyl (C=O) groups is 1. The van der Waals surface area contributed by atoms with Crippen LogP contribution in [0.25, 0.3) is 11.0 Å². The van der Waals surface area contributed by atoms with Gasteiger partial charge in [-0.1, -0.05) is 30.3 Å². The topological polar surface area (TPSA) is 46.3 Å². The number of amides is 1. The molecule has 0 saturated heterocycles. The molecule has 2 aromatic carbocycles. The molecule has 2 heterocycles. The van der Waals surface area contributed by atoms with Gasteiger partial charge in [-0.25, -0.2) is 9.37 Å². The molecule has 0 aliphatic rings. The van der Waals surface area contributed by atoms with Crippen LogP contribution in [0.3, 0.4) is 0 Å². The van der Waals surface area contributed by atoms with Gasteiger partial charge in [-0.2, -0.15) is 0 Å². The predicted molar refractivity (Wildman–Crippen MR) is 112 cm³/mol. The maximum absolute atomic E-state index is 13.5. The minimum absolute atomic E-state index is 0.255. The van der Waals surface area contributed by atoms with Crippen LogP contribution in [0.4, 0.5) is 10.2 Å². The number of hydrogen-bond donors (Lipinski definition) is 0. The minimum atomic E-state index is -0.316. The zero-order valence-electron chi connectivity index (χ0n) is 16.6. The van der Waals surface area contributed by atoms with E-state index in [1.54, 1.807) is 35.4 Å². The number of rotatable bonds is 4. The van der Waals surface area contributed by atoms with E-state index < -0.39 is 0 Å². The lowest BCUT2D eigenvalue weighted by atomic mass is 10.0. The zero-order chi connectivity index (χ0) is 20.5. The molecule has 4 rings (SSSR count). The monoisotopic (exact) mass is 388 g/mol. The van der Waals surface area contributed by atoms with E-state index in [2.05, 4.69) is 4.98 Å². The van der Waals surface area contributed by atoms with E-state index in [0.29, 0.717) is 11.6 Å². The molecule has 1 amide bonds. The van der Waals surface area contributed by atoms with Gasteiger partial charge < -0.3 is 4.42 Å². The first-order valence-electron chi connectivity index (χ1n) is 9.42. The molecule has 0 bridgehead atoms. The van der Waals surface area contributed by atoms with Gasteiger partial charge in [0.15, 0.2) is 5.76 Å². The number of hydrogen-bond acceptors (Lipinski definition) is 3. The Hall–Kier alpha value is -3.47. The van der Waals surface area contributed by atoms with Gasteiger partial charge in [0.1, 0.15) is 17.2 Å². The summed E-state index contributed by atoms with van der Waals surface area (Å²) >= 11 is 0. The molecule has 0 radical (unpaired) electrons. The fourth-order valence-corrected chi connectivity index (χ4v) is 3.39. The van der Waals surface area contributed by atoms with Crippen molar-refractivity contribution in [1.29, 1.82) is 0 Å².